The molecular weight excluding hydrogens is 302 g/mol. The van der Waals surface area contributed by atoms with Gasteiger partial charge in [-0.05, 0) is 31.0 Å². The number of nitrogens with zero attached hydrogens (tertiary/aromatic N) is 2. The lowest BCUT2D eigenvalue weighted by Gasteiger charge is -2.14. The number of hydrogen-bond acceptors (Lipinski definition) is 4. The van der Waals surface area contributed by atoms with Crippen LogP contribution in [0.3, 0.4) is 0 Å². The fourth-order valence-corrected chi connectivity index (χ4v) is 2.51. The third kappa shape index (κ3) is 4.16. The van der Waals surface area contributed by atoms with Crippen LogP contribution < -0.4 is 5.73 Å². The molecule has 2 aromatic rings. The average molecular weight is 329 g/mol. The number of benzene rings is 1. The predicted molar refractivity (Wildman–Crippen MR) is 96.2 cm³/mol. The summed E-state index contributed by atoms with van der Waals surface area (Å²) in [6.07, 6.45) is 0.625. The zero-order chi connectivity index (χ0) is 17.9. The highest BCUT2D eigenvalue weighted by atomic mass is 16.5. The van der Waals surface area contributed by atoms with Gasteiger partial charge in [0.25, 0.3) is 0 Å². The summed E-state index contributed by atoms with van der Waals surface area (Å²) in [4.78, 5) is 11.8. The van der Waals surface area contributed by atoms with Crippen molar-refractivity contribution in [2.75, 3.05) is 12.3 Å². The fourth-order valence-electron chi connectivity index (χ4n) is 2.51. The molecule has 0 saturated heterocycles. The Hall–Kier alpha value is -2.30. The van der Waals surface area contributed by atoms with Crippen molar-refractivity contribution < 1.29 is 9.53 Å². The lowest BCUT2D eigenvalue weighted by atomic mass is 9.92. The first kappa shape index (κ1) is 18.0. The van der Waals surface area contributed by atoms with Gasteiger partial charge >= 0.3 is 5.97 Å². The van der Waals surface area contributed by atoms with Crippen LogP contribution in [-0.4, -0.2) is 22.4 Å². The highest BCUT2D eigenvalue weighted by molar-refractivity contribution is 5.72. The molecule has 0 aliphatic rings. The molecule has 5 heteroatoms. The molecular formula is C19H27N3O2. The molecule has 1 aromatic carbocycles. The standard InChI is InChI=1S/C19H27N3O2/c1-6-24-18(23)13(2)10-14-8-7-9-15(11-14)22-17(20)12-16(21-22)19(3,4)5/h7-9,11-13H,6,10,20H2,1-5H3. The summed E-state index contributed by atoms with van der Waals surface area (Å²) in [6.45, 7) is 10.4. The Morgan fingerprint density at radius 1 is 1.33 bits per heavy atom. The predicted octanol–water partition coefficient (Wildman–Crippen LogP) is 3.49. The first-order chi connectivity index (χ1) is 11.2. The number of rotatable bonds is 5. The number of carbonyl (C=O) groups excluding carboxylic acids is 1. The van der Waals surface area contributed by atoms with Crippen LogP contribution in [0.25, 0.3) is 5.69 Å². The van der Waals surface area contributed by atoms with Crippen LogP contribution in [0.4, 0.5) is 5.82 Å². The average Bonchev–Trinajstić information content (AvgIpc) is 2.90. The van der Waals surface area contributed by atoms with Gasteiger partial charge < -0.3 is 10.5 Å². The summed E-state index contributed by atoms with van der Waals surface area (Å²) in [5.41, 5.74) is 8.98. The van der Waals surface area contributed by atoms with Crippen LogP contribution in [0.2, 0.25) is 0 Å². The molecule has 1 unspecified atom stereocenters. The summed E-state index contributed by atoms with van der Waals surface area (Å²) >= 11 is 0. The Labute approximate surface area is 143 Å². The molecule has 0 radical (unpaired) electrons. The maximum Gasteiger partial charge on any atom is 0.308 e. The zero-order valence-electron chi connectivity index (χ0n) is 15.2. The fraction of sp³-hybridized carbons (Fsp3) is 0.474. The minimum Gasteiger partial charge on any atom is -0.466 e. The zero-order valence-corrected chi connectivity index (χ0v) is 15.2. The Balaban J connectivity index is 2.25. The third-order valence-electron chi connectivity index (χ3n) is 3.89. The van der Waals surface area contributed by atoms with Crippen molar-refractivity contribution in [2.45, 2.75) is 46.5 Å². The van der Waals surface area contributed by atoms with Gasteiger partial charge in [0.15, 0.2) is 0 Å². The van der Waals surface area contributed by atoms with E-state index in [1.54, 1.807) is 4.68 Å². The van der Waals surface area contributed by atoms with E-state index in [1.165, 1.54) is 0 Å². The van der Waals surface area contributed by atoms with Gasteiger partial charge in [-0.3, -0.25) is 4.79 Å². The van der Waals surface area contributed by atoms with Gasteiger partial charge in [-0.25, -0.2) is 4.68 Å². The summed E-state index contributed by atoms with van der Waals surface area (Å²) in [5.74, 6) is 0.257. The maximum absolute atomic E-state index is 11.8. The van der Waals surface area contributed by atoms with E-state index in [9.17, 15) is 4.79 Å². The van der Waals surface area contributed by atoms with Crippen molar-refractivity contribution in [2.24, 2.45) is 5.92 Å². The van der Waals surface area contributed by atoms with Crippen LogP contribution >= 0.6 is 0 Å². The van der Waals surface area contributed by atoms with Crippen molar-refractivity contribution in [1.82, 2.24) is 9.78 Å². The normalized spacial score (nSPS) is 12.9. The highest BCUT2D eigenvalue weighted by Gasteiger charge is 2.20. The molecule has 0 aliphatic carbocycles. The van der Waals surface area contributed by atoms with Gasteiger partial charge in [-0.15, -0.1) is 0 Å². The number of nitrogen functional groups attached to an aromatic ring is 1. The molecule has 0 amide bonds. The molecule has 2 rings (SSSR count). The monoisotopic (exact) mass is 329 g/mol. The molecule has 0 bridgehead atoms. The number of carbonyl (C=O) groups is 1. The van der Waals surface area contributed by atoms with E-state index < -0.39 is 0 Å². The van der Waals surface area contributed by atoms with Crippen LogP contribution in [0.1, 0.15) is 45.9 Å². The van der Waals surface area contributed by atoms with Crippen molar-refractivity contribution in [1.29, 1.82) is 0 Å². The van der Waals surface area contributed by atoms with Gasteiger partial charge in [-0.1, -0.05) is 39.8 Å². The Kier molecular flexibility index (Phi) is 5.32. The first-order valence-corrected chi connectivity index (χ1v) is 8.34. The van der Waals surface area contributed by atoms with Gasteiger partial charge in [0.1, 0.15) is 5.82 Å². The lowest BCUT2D eigenvalue weighted by Crippen LogP contribution is -2.17. The second-order valence-corrected chi connectivity index (χ2v) is 7.14. The molecule has 5 nitrogen and oxygen atoms in total. The lowest BCUT2D eigenvalue weighted by molar-refractivity contribution is -0.147. The molecule has 1 aromatic heterocycles. The Morgan fingerprint density at radius 3 is 2.62 bits per heavy atom. The smallest absolute Gasteiger partial charge is 0.308 e. The molecule has 1 heterocycles. The number of anilines is 1. The van der Waals surface area contributed by atoms with Crippen molar-refractivity contribution in [3.8, 4) is 5.69 Å². The highest BCUT2D eigenvalue weighted by Crippen LogP contribution is 2.25. The number of nitrogens with two attached hydrogens (primary N) is 1. The SMILES string of the molecule is CCOC(=O)C(C)Cc1cccc(-n2nc(C(C)(C)C)cc2N)c1. The topological polar surface area (TPSA) is 70.1 Å². The first-order valence-electron chi connectivity index (χ1n) is 8.34. The largest absolute Gasteiger partial charge is 0.466 e. The maximum atomic E-state index is 11.8. The van der Waals surface area contributed by atoms with E-state index in [0.29, 0.717) is 18.8 Å². The third-order valence-corrected chi connectivity index (χ3v) is 3.89. The molecule has 0 saturated carbocycles. The van der Waals surface area contributed by atoms with Crippen molar-refractivity contribution in [3.05, 3.63) is 41.6 Å². The van der Waals surface area contributed by atoms with E-state index in [4.69, 9.17) is 10.5 Å². The molecule has 0 spiro atoms. The van der Waals surface area contributed by atoms with E-state index in [1.807, 2.05) is 44.2 Å². The number of esters is 1. The minimum absolute atomic E-state index is 0.0601. The minimum atomic E-state index is -0.180. The van der Waals surface area contributed by atoms with Gasteiger partial charge in [0.2, 0.25) is 0 Å². The molecule has 2 N–H and O–H groups in total. The summed E-state index contributed by atoms with van der Waals surface area (Å²) in [5, 5.41) is 4.64. The molecule has 24 heavy (non-hydrogen) atoms. The Morgan fingerprint density at radius 2 is 2.04 bits per heavy atom. The van der Waals surface area contributed by atoms with Gasteiger partial charge in [0.05, 0.1) is 23.9 Å². The van der Waals surface area contributed by atoms with Crippen LogP contribution in [0.5, 0.6) is 0 Å². The van der Waals surface area contributed by atoms with Crippen molar-refractivity contribution in [3.63, 3.8) is 0 Å². The number of hydrogen-bond donors (Lipinski definition) is 1. The molecule has 0 aliphatic heterocycles. The number of ether oxygens (including phenoxy) is 1. The van der Waals surface area contributed by atoms with Crippen LogP contribution in [-0.2, 0) is 21.4 Å². The molecule has 1 atom stereocenters. The Bertz CT molecular complexity index is 714. The second kappa shape index (κ2) is 7.07. The van der Waals surface area contributed by atoms with E-state index in [2.05, 4.69) is 25.9 Å². The van der Waals surface area contributed by atoms with Crippen LogP contribution in [0, 0.1) is 5.92 Å². The second-order valence-electron chi connectivity index (χ2n) is 7.14. The molecule has 130 valence electrons. The van der Waals surface area contributed by atoms with Crippen LogP contribution in [0.15, 0.2) is 30.3 Å². The molecule has 0 fully saturated rings. The quantitative estimate of drug-likeness (QED) is 0.852. The summed E-state index contributed by atoms with van der Waals surface area (Å²) in [7, 11) is 0. The van der Waals surface area contributed by atoms with Gasteiger partial charge in [-0.2, -0.15) is 5.10 Å². The van der Waals surface area contributed by atoms with E-state index in [-0.39, 0.29) is 17.3 Å². The summed E-state index contributed by atoms with van der Waals surface area (Å²) < 4.78 is 6.82. The van der Waals surface area contributed by atoms with Crippen molar-refractivity contribution >= 4 is 11.8 Å². The van der Waals surface area contributed by atoms with E-state index >= 15 is 0 Å². The number of aromatic nitrogens is 2. The van der Waals surface area contributed by atoms with E-state index in [0.717, 1.165) is 16.9 Å². The summed E-state index contributed by atoms with van der Waals surface area (Å²) in [6, 6.07) is 9.86. The van der Waals surface area contributed by atoms with Gasteiger partial charge in [0, 0.05) is 11.5 Å².